The molecule has 0 spiro atoms. The Hall–Kier alpha value is -2.28. The van der Waals surface area contributed by atoms with E-state index in [2.05, 4.69) is 4.74 Å². The molecule has 1 rings (SSSR count). The van der Waals surface area contributed by atoms with Crippen LogP contribution in [0.3, 0.4) is 0 Å². The third-order valence-electron chi connectivity index (χ3n) is 2.40. The van der Waals surface area contributed by atoms with Crippen molar-refractivity contribution < 1.29 is 27.6 Å². The van der Waals surface area contributed by atoms with Gasteiger partial charge in [-0.05, 0) is 24.8 Å². The van der Waals surface area contributed by atoms with Crippen LogP contribution in [0.5, 0.6) is 0 Å². The maximum Gasteiger partial charge on any atom is 0.446 e. The molecule has 0 heterocycles. The van der Waals surface area contributed by atoms with Gasteiger partial charge >= 0.3 is 11.5 Å². The van der Waals surface area contributed by atoms with Crippen molar-refractivity contribution in [1.29, 1.82) is 5.26 Å². The molecule has 22 heavy (non-hydrogen) atoms. The summed E-state index contributed by atoms with van der Waals surface area (Å²) in [6.07, 6.45) is -0.656. The number of carbonyl (C=O) groups is 1. The van der Waals surface area contributed by atoms with E-state index < -0.39 is 45.2 Å². The zero-order valence-corrected chi connectivity index (χ0v) is 12.0. The van der Waals surface area contributed by atoms with Gasteiger partial charge in [0.15, 0.2) is 0 Å². The van der Waals surface area contributed by atoms with Gasteiger partial charge in [-0.2, -0.15) is 18.4 Å². The number of alkyl halides is 3. The minimum absolute atomic E-state index is 0.00259. The van der Waals surface area contributed by atoms with Crippen LogP contribution in [0.1, 0.15) is 18.1 Å². The van der Waals surface area contributed by atoms with Crippen molar-refractivity contribution in [3.63, 3.8) is 0 Å². The highest BCUT2D eigenvalue weighted by Crippen LogP contribution is 2.44. The second-order valence-electron chi connectivity index (χ2n) is 3.84. The average Bonchev–Trinajstić information content (AvgIpc) is 2.38. The molecule has 6 nitrogen and oxygen atoms in total. The standard InChI is InChI=1S/C12H9F3N2O4S/c1-2-21-10(18)5-8-7(6-16)3-4-9(17(19)20)11(8)22-12(13,14)15/h3-4H,2,5H2,1H3. The summed E-state index contributed by atoms with van der Waals surface area (Å²) in [5, 5.41) is 19.8. The fourth-order valence-corrected chi connectivity index (χ4v) is 2.41. The minimum atomic E-state index is -4.80. The van der Waals surface area contributed by atoms with Gasteiger partial charge in [-0.1, -0.05) is 0 Å². The number of carbonyl (C=O) groups excluding carboxylic acids is 1. The van der Waals surface area contributed by atoms with Crippen molar-refractivity contribution in [3.8, 4) is 6.07 Å². The Morgan fingerprint density at radius 2 is 2.14 bits per heavy atom. The summed E-state index contributed by atoms with van der Waals surface area (Å²) in [5.41, 5.74) is -6.23. The lowest BCUT2D eigenvalue weighted by Gasteiger charge is -2.12. The molecular weight excluding hydrogens is 325 g/mol. The van der Waals surface area contributed by atoms with Crippen LogP contribution in [0.15, 0.2) is 17.0 Å². The lowest BCUT2D eigenvalue weighted by atomic mass is 10.0. The van der Waals surface area contributed by atoms with Crippen molar-refractivity contribution in [2.24, 2.45) is 0 Å². The molecule has 0 atom stereocenters. The molecule has 0 unspecified atom stereocenters. The van der Waals surface area contributed by atoms with Gasteiger partial charge in [-0.25, -0.2) is 0 Å². The Kier molecular flexibility index (Phi) is 5.76. The predicted molar refractivity (Wildman–Crippen MR) is 70.1 cm³/mol. The first kappa shape index (κ1) is 17.8. The number of thioether (sulfide) groups is 1. The number of esters is 1. The largest absolute Gasteiger partial charge is 0.466 e. The Morgan fingerprint density at radius 1 is 1.50 bits per heavy atom. The summed E-state index contributed by atoms with van der Waals surface area (Å²) in [5.74, 6) is -0.872. The van der Waals surface area contributed by atoms with E-state index in [0.717, 1.165) is 12.1 Å². The van der Waals surface area contributed by atoms with Crippen LogP contribution in [0.25, 0.3) is 0 Å². The number of nitro groups is 1. The fourth-order valence-electron chi connectivity index (χ4n) is 1.63. The molecule has 0 aliphatic heterocycles. The molecule has 0 bridgehead atoms. The first-order valence-electron chi connectivity index (χ1n) is 5.81. The lowest BCUT2D eigenvalue weighted by Crippen LogP contribution is -2.12. The maximum absolute atomic E-state index is 12.6. The van der Waals surface area contributed by atoms with E-state index >= 15 is 0 Å². The third-order valence-corrected chi connectivity index (χ3v) is 3.29. The Labute approximate surface area is 127 Å². The molecule has 10 heteroatoms. The Bertz CT molecular complexity index is 640. The van der Waals surface area contributed by atoms with Crippen molar-refractivity contribution in [2.45, 2.75) is 23.7 Å². The Morgan fingerprint density at radius 3 is 2.59 bits per heavy atom. The second-order valence-corrected chi connectivity index (χ2v) is 4.91. The van der Waals surface area contributed by atoms with Crippen LogP contribution in [-0.2, 0) is 16.0 Å². The van der Waals surface area contributed by atoms with Crippen molar-refractivity contribution in [2.75, 3.05) is 6.61 Å². The first-order valence-corrected chi connectivity index (χ1v) is 6.63. The molecule has 0 aromatic heterocycles. The summed E-state index contributed by atoms with van der Waals surface area (Å²) < 4.78 is 42.5. The molecule has 0 aliphatic rings. The maximum atomic E-state index is 12.6. The van der Waals surface area contributed by atoms with E-state index in [-0.39, 0.29) is 17.7 Å². The number of nitro benzene ring substituents is 1. The molecule has 118 valence electrons. The zero-order valence-electron chi connectivity index (χ0n) is 11.1. The SMILES string of the molecule is CCOC(=O)Cc1c(C#N)ccc([N+](=O)[O-])c1SC(F)(F)F. The number of hydrogen-bond acceptors (Lipinski definition) is 6. The van der Waals surface area contributed by atoms with Gasteiger partial charge in [0.2, 0.25) is 0 Å². The lowest BCUT2D eigenvalue weighted by molar-refractivity contribution is -0.387. The topological polar surface area (TPSA) is 93.2 Å². The smallest absolute Gasteiger partial charge is 0.446 e. The second kappa shape index (κ2) is 7.13. The summed E-state index contributed by atoms with van der Waals surface area (Å²) >= 11 is -0.729. The van der Waals surface area contributed by atoms with Crippen LogP contribution < -0.4 is 0 Å². The molecule has 0 saturated carbocycles. The number of halogens is 3. The highest BCUT2D eigenvalue weighted by atomic mass is 32.2. The quantitative estimate of drug-likeness (QED) is 0.355. The number of hydrogen-bond donors (Lipinski definition) is 0. The molecule has 0 aliphatic carbocycles. The van der Waals surface area contributed by atoms with Gasteiger partial charge in [0.05, 0.1) is 34.5 Å². The summed E-state index contributed by atoms with van der Waals surface area (Å²) in [6, 6.07) is 3.44. The molecule has 0 N–H and O–H groups in total. The van der Waals surface area contributed by atoms with E-state index in [9.17, 15) is 28.1 Å². The van der Waals surface area contributed by atoms with Gasteiger partial charge in [0, 0.05) is 11.6 Å². The van der Waals surface area contributed by atoms with Gasteiger partial charge < -0.3 is 4.74 Å². The van der Waals surface area contributed by atoms with E-state index in [0.29, 0.717) is 0 Å². The summed E-state index contributed by atoms with van der Waals surface area (Å²) in [7, 11) is 0. The highest BCUT2D eigenvalue weighted by Gasteiger charge is 2.36. The van der Waals surface area contributed by atoms with Crippen LogP contribution in [0.2, 0.25) is 0 Å². The van der Waals surface area contributed by atoms with E-state index in [1.54, 1.807) is 6.07 Å². The van der Waals surface area contributed by atoms with Gasteiger partial charge in [0.25, 0.3) is 5.69 Å². The molecule has 0 saturated heterocycles. The molecule has 0 fully saturated rings. The third kappa shape index (κ3) is 4.63. The van der Waals surface area contributed by atoms with E-state index in [1.165, 1.54) is 6.92 Å². The zero-order chi connectivity index (χ0) is 16.9. The number of rotatable bonds is 5. The molecule has 0 radical (unpaired) electrons. The first-order chi connectivity index (χ1) is 10.2. The van der Waals surface area contributed by atoms with Gasteiger partial charge in [-0.3, -0.25) is 14.9 Å². The number of nitriles is 1. The van der Waals surface area contributed by atoms with Gasteiger partial charge in [0.1, 0.15) is 0 Å². The van der Waals surface area contributed by atoms with E-state index in [4.69, 9.17) is 5.26 Å². The van der Waals surface area contributed by atoms with Crippen LogP contribution in [-0.4, -0.2) is 23.0 Å². The van der Waals surface area contributed by atoms with Crippen LogP contribution >= 0.6 is 11.8 Å². The van der Waals surface area contributed by atoms with Crippen LogP contribution in [0.4, 0.5) is 18.9 Å². The van der Waals surface area contributed by atoms with Crippen molar-refractivity contribution >= 4 is 23.4 Å². The number of benzene rings is 1. The average molecular weight is 334 g/mol. The Balaban J connectivity index is 3.46. The predicted octanol–water partition coefficient (Wildman–Crippen LogP) is 3.18. The molecule has 0 amide bonds. The monoisotopic (exact) mass is 334 g/mol. The van der Waals surface area contributed by atoms with Crippen molar-refractivity contribution in [3.05, 3.63) is 33.4 Å². The van der Waals surface area contributed by atoms with Crippen LogP contribution in [0, 0.1) is 21.4 Å². The molecular formula is C12H9F3N2O4S. The summed E-state index contributed by atoms with van der Waals surface area (Å²) in [6.45, 7) is 1.50. The summed E-state index contributed by atoms with van der Waals surface area (Å²) in [4.78, 5) is 20.6. The molecule has 1 aromatic carbocycles. The van der Waals surface area contributed by atoms with E-state index in [1.807, 2.05) is 0 Å². The highest BCUT2D eigenvalue weighted by molar-refractivity contribution is 8.00. The number of ether oxygens (including phenoxy) is 1. The van der Waals surface area contributed by atoms with Crippen molar-refractivity contribution in [1.82, 2.24) is 0 Å². The van der Waals surface area contributed by atoms with Gasteiger partial charge in [-0.15, -0.1) is 0 Å². The minimum Gasteiger partial charge on any atom is -0.466 e. The number of nitrogens with zero attached hydrogens (tertiary/aromatic N) is 2. The normalized spacial score (nSPS) is 10.9. The fraction of sp³-hybridized carbons (Fsp3) is 0.333. The molecule has 1 aromatic rings.